The summed E-state index contributed by atoms with van der Waals surface area (Å²) in [4.78, 5) is 12.6. The van der Waals surface area contributed by atoms with Crippen LogP contribution in [0, 0.1) is 21.8 Å². The lowest BCUT2D eigenvalue weighted by Crippen LogP contribution is -2.13. The van der Waals surface area contributed by atoms with Crippen LogP contribution in [0.5, 0.6) is 11.5 Å². The van der Waals surface area contributed by atoms with E-state index in [1.807, 2.05) is 50.2 Å². The van der Waals surface area contributed by atoms with Gasteiger partial charge in [0.15, 0.2) is 0 Å². The van der Waals surface area contributed by atoms with E-state index >= 15 is 0 Å². The molecule has 0 aliphatic rings. The van der Waals surface area contributed by atoms with E-state index in [2.05, 4.69) is 49.9 Å². The monoisotopic (exact) mass is 616 g/mol. The number of rotatable bonds is 8. The second-order valence-electron chi connectivity index (χ2n) is 7.17. The Morgan fingerprint density at radius 1 is 1.15 bits per heavy atom. The first-order chi connectivity index (χ1) is 15.9. The summed E-state index contributed by atoms with van der Waals surface area (Å²) in [6, 6.07) is 20.8. The smallest absolute Gasteiger partial charge is 0.266 e. The number of anilines is 1. The Hall–Kier alpha value is -2.83. The third kappa shape index (κ3) is 7.07. The third-order valence-electron chi connectivity index (χ3n) is 4.59. The van der Waals surface area contributed by atoms with Crippen molar-refractivity contribution in [1.29, 1.82) is 5.26 Å². The van der Waals surface area contributed by atoms with Gasteiger partial charge < -0.3 is 14.8 Å². The van der Waals surface area contributed by atoms with E-state index in [1.54, 1.807) is 30.3 Å². The van der Waals surface area contributed by atoms with Gasteiger partial charge in [0.05, 0.1) is 14.6 Å². The first-order valence-electron chi connectivity index (χ1n) is 10.2. The Labute approximate surface area is 215 Å². The van der Waals surface area contributed by atoms with Crippen molar-refractivity contribution in [2.24, 2.45) is 0 Å². The molecule has 1 amide bonds. The third-order valence-corrected chi connectivity index (χ3v) is 5.98. The maximum absolute atomic E-state index is 12.6. The number of nitriles is 1. The zero-order valence-electron chi connectivity index (χ0n) is 18.2. The van der Waals surface area contributed by atoms with Crippen LogP contribution < -0.4 is 14.8 Å². The van der Waals surface area contributed by atoms with Crippen LogP contribution in [0.1, 0.15) is 23.6 Å². The largest absolute Gasteiger partial charge is 0.494 e. The average molecular weight is 617 g/mol. The predicted molar refractivity (Wildman–Crippen MR) is 142 cm³/mol. The number of halogens is 2. The Bertz CT molecular complexity index is 1190. The molecule has 0 aromatic heterocycles. The normalized spacial score (nSPS) is 10.9. The van der Waals surface area contributed by atoms with Crippen molar-refractivity contribution in [2.45, 2.75) is 20.5 Å². The SMILES string of the molecule is CCOc1ccc(NC(=O)/C(C#N)=C\c2cc(Br)c(OCc3cccc(C)c3)c(I)c2)cc1. The van der Waals surface area contributed by atoms with Crippen LogP contribution in [0.2, 0.25) is 0 Å². The van der Waals surface area contributed by atoms with Crippen molar-refractivity contribution in [3.05, 3.63) is 91.0 Å². The maximum Gasteiger partial charge on any atom is 0.266 e. The van der Waals surface area contributed by atoms with Crippen molar-refractivity contribution >= 4 is 56.2 Å². The number of hydrogen-bond donors (Lipinski definition) is 1. The molecule has 0 bridgehead atoms. The first-order valence-corrected chi connectivity index (χ1v) is 12.1. The Morgan fingerprint density at radius 2 is 1.91 bits per heavy atom. The van der Waals surface area contributed by atoms with E-state index in [-0.39, 0.29) is 5.57 Å². The minimum absolute atomic E-state index is 0.0000128. The zero-order valence-corrected chi connectivity index (χ0v) is 21.9. The summed E-state index contributed by atoms with van der Waals surface area (Å²) in [7, 11) is 0. The highest BCUT2D eigenvalue weighted by molar-refractivity contribution is 14.1. The highest BCUT2D eigenvalue weighted by atomic mass is 127. The summed E-state index contributed by atoms with van der Waals surface area (Å²) in [5.41, 5.74) is 3.56. The summed E-state index contributed by atoms with van der Waals surface area (Å²) >= 11 is 5.74. The molecule has 3 aromatic rings. The molecule has 0 spiro atoms. The number of hydrogen-bond acceptors (Lipinski definition) is 4. The molecule has 0 saturated carbocycles. The Morgan fingerprint density at radius 3 is 2.55 bits per heavy atom. The highest BCUT2D eigenvalue weighted by Crippen LogP contribution is 2.33. The maximum atomic E-state index is 12.6. The highest BCUT2D eigenvalue weighted by Gasteiger charge is 2.13. The summed E-state index contributed by atoms with van der Waals surface area (Å²) in [6.45, 7) is 4.96. The molecule has 0 radical (unpaired) electrons. The zero-order chi connectivity index (χ0) is 23.8. The molecular formula is C26H22BrIN2O3. The van der Waals surface area contributed by atoms with Crippen LogP contribution in [-0.2, 0) is 11.4 Å². The molecule has 168 valence electrons. The van der Waals surface area contributed by atoms with Crippen LogP contribution in [0.15, 0.2) is 70.7 Å². The fourth-order valence-electron chi connectivity index (χ4n) is 3.07. The number of ether oxygens (including phenoxy) is 2. The molecule has 0 atom stereocenters. The fourth-order valence-corrected chi connectivity index (χ4v) is 4.84. The molecule has 7 heteroatoms. The van der Waals surface area contributed by atoms with Crippen LogP contribution in [0.4, 0.5) is 5.69 Å². The van der Waals surface area contributed by atoms with E-state index in [9.17, 15) is 10.1 Å². The Balaban J connectivity index is 1.73. The minimum atomic E-state index is -0.479. The van der Waals surface area contributed by atoms with Crippen molar-refractivity contribution in [3.63, 3.8) is 0 Å². The topological polar surface area (TPSA) is 71.3 Å². The van der Waals surface area contributed by atoms with Gasteiger partial charge in [-0.05, 0) is 106 Å². The molecule has 0 fully saturated rings. The number of carbonyl (C=O) groups excluding carboxylic acids is 1. The van der Waals surface area contributed by atoms with Crippen molar-refractivity contribution in [2.75, 3.05) is 11.9 Å². The summed E-state index contributed by atoms with van der Waals surface area (Å²) < 4.78 is 13.0. The lowest BCUT2D eigenvalue weighted by molar-refractivity contribution is -0.112. The molecule has 3 aromatic carbocycles. The lowest BCUT2D eigenvalue weighted by atomic mass is 10.1. The van der Waals surface area contributed by atoms with Gasteiger partial charge in [-0.3, -0.25) is 4.79 Å². The van der Waals surface area contributed by atoms with Crippen LogP contribution in [0.25, 0.3) is 6.08 Å². The van der Waals surface area contributed by atoms with Gasteiger partial charge in [0.25, 0.3) is 5.91 Å². The van der Waals surface area contributed by atoms with Gasteiger partial charge in [-0.1, -0.05) is 29.8 Å². The van der Waals surface area contributed by atoms with Crippen molar-refractivity contribution in [3.8, 4) is 17.6 Å². The Kier molecular flexibility index (Phi) is 8.92. The second kappa shape index (κ2) is 11.9. The van der Waals surface area contributed by atoms with Gasteiger partial charge in [-0.15, -0.1) is 0 Å². The molecule has 3 rings (SSSR count). The number of carbonyl (C=O) groups is 1. The predicted octanol–water partition coefficient (Wildman–Crippen LogP) is 6.89. The molecule has 33 heavy (non-hydrogen) atoms. The van der Waals surface area contributed by atoms with Crippen LogP contribution in [0.3, 0.4) is 0 Å². The van der Waals surface area contributed by atoms with Crippen molar-refractivity contribution in [1.82, 2.24) is 0 Å². The molecule has 0 unspecified atom stereocenters. The number of aryl methyl sites for hydroxylation is 1. The van der Waals surface area contributed by atoms with E-state index in [1.165, 1.54) is 5.56 Å². The van der Waals surface area contributed by atoms with E-state index in [0.29, 0.717) is 30.2 Å². The average Bonchev–Trinajstić information content (AvgIpc) is 2.78. The fraction of sp³-hybridized carbons (Fsp3) is 0.154. The number of nitrogens with one attached hydrogen (secondary N) is 1. The number of nitrogens with zero attached hydrogens (tertiary/aromatic N) is 1. The van der Waals surface area contributed by atoms with E-state index in [4.69, 9.17) is 9.47 Å². The van der Waals surface area contributed by atoms with E-state index < -0.39 is 5.91 Å². The molecule has 0 saturated heterocycles. The van der Waals surface area contributed by atoms with E-state index in [0.717, 1.165) is 19.4 Å². The standard InChI is InChI=1S/C26H22BrIN2O3/c1-3-32-22-9-7-21(8-10-22)30-26(31)20(15-29)12-19-13-23(27)25(24(28)14-19)33-16-18-6-4-5-17(2)11-18/h4-14H,3,16H2,1-2H3,(H,30,31)/b20-12-. The van der Waals surface area contributed by atoms with Crippen LogP contribution >= 0.6 is 38.5 Å². The number of amides is 1. The quantitative estimate of drug-likeness (QED) is 0.170. The molecule has 1 N–H and O–H groups in total. The molecule has 0 aliphatic heterocycles. The van der Waals surface area contributed by atoms with Gasteiger partial charge in [0.2, 0.25) is 0 Å². The summed E-state index contributed by atoms with van der Waals surface area (Å²) in [5.74, 6) is 0.954. The molecule has 5 nitrogen and oxygen atoms in total. The summed E-state index contributed by atoms with van der Waals surface area (Å²) in [5, 5.41) is 12.3. The second-order valence-corrected chi connectivity index (χ2v) is 9.19. The molecule has 0 aliphatic carbocycles. The van der Waals surface area contributed by atoms with Crippen molar-refractivity contribution < 1.29 is 14.3 Å². The van der Waals surface area contributed by atoms with Gasteiger partial charge >= 0.3 is 0 Å². The minimum Gasteiger partial charge on any atom is -0.494 e. The number of benzene rings is 3. The van der Waals surface area contributed by atoms with Crippen LogP contribution in [-0.4, -0.2) is 12.5 Å². The summed E-state index contributed by atoms with van der Waals surface area (Å²) in [6.07, 6.45) is 1.56. The van der Waals surface area contributed by atoms with Gasteiger partial charge in [-0.25, -0.2) is 0 Å². The first kappa shape index (κ1) is 24.8. The molecular weight excluding hydrogens is 595 g/mol. The lowest BCUT2D eigenvalue weighted by Gasteiger charge is -2.12. The van der Waals surface area contributed by atoms with Gasteiger partial charge in [-0.2, -0.15) is 5.26 Å². The van der Waals surface area contributed by atoms with Gasteiger partial charge in [0.1, 0.15) is 29.7 Å². The van der Waals surface area contributed by atoms with Gasteiger partial charge in [0, 0.05) is 5.69 Å². The molecule has 0 heterocycles.